The van der Waals surface area contributed by atoms with E-state index in [0.29, 0.717) is 5.92 Å². The van der Waals surface area contributed by atoms with Crippen molar-refractivity contribution >= 4 is 0 Å². The molecular weight excluding hydrogens is 228 g/mol. The maximum atomic E-state index is 4.00. The molecule has 0 spiro atoms. The molecule has 0 nitrogen and oxygen atoms in total. The molecule has 0 N–H and O–H groups in total. The molecule has 106 valence electrons. The summed E-state index contributed by atoms with van der Waals surface area (Å²) in [6.07, 6.45) is 14.3. The zero-order valence-electron chi connectivity index (χ0n) is 12.6. The Morgan fingerprint density at radius 3 is 2.21 bits per heavy atom. The zero-order valence-corrected chi connectivity index (χ0v) is 12.6. The summed E-state index contributed by atoms with van der Waals surface area (Å²) < 4.78 is 0. The molecule has 0 fully saturated rings. The quantitative estimate of drug-likeness (QED) is 0.329. The van der Waals surface area contributed by atoms with E-state index in [0.717, 1.165) is 6.42 Å². The predicted octanol–water partition coefficient (Wildman–Crippen LogP) is 6.17. The van der Waals surface area contributed by atoms with E-state index in [-0.39, 0.29) is 0 Å². The molecule has 1 unspecified atom stereocenters. The van der Waals surface area contributed by atoms with Crippen LogP contribution in [0.3, 0.4) is 0 Å². The van der Waals surface area contributed by atoms with Crippen molar-refractivity contribution in [2.75, 3.05) is 0 Å². The maximum absolute atomic E-state index is 4.00. The van der Waals surface area contributed by atoms with Crippen LogP contribution in [0.2, 0.25) is 0 Å². The molecule has 0 saturated carbocycles. The van der Waals surface area contributed by atoms with Gasteiger partial charge in [0.2, 0.25) is 0 Å². The van der Waals surface area contributed by atoms with Crippen LogP contribution in [0.15, 0.2) is 43.0 Å². The fourth-order valence-electron chi connectivity index (χ4n) is 2.58. The minimum atomic E-state index is 0.651. The van der Waals surface area contributed by atoms with E-state index in [1.807, 2.05) is 0 Å². The van der Waals surface area contributed by atoms with Crippen LogP contribution in [0.25, 0.3) is 0 Å². The van der Waals surface area contributed by atoms with Gasteiger partial charge in [-0.3, -0.25) is 0 Å². The predicted molar refractivity (Wildman–Crippen MR) is 86.4 cm³/mol. The highest BCUT2D eigenvalue weighted by Crippen LogP contribution is 2.18. The highest BCUT2D eigenvalue weighted by molar-refractivity contribution is 5.16. The SMILES string of the molecule is C=CC(CCCCCCCCC)Cc1ccccc1. The fraction of sp³-hybridized carbons (Fsp3) is 0.579. The van der Waals surface area contributed by atoms with Crippen molar-refractivity contribution in [1.29, 1.82) is 0 Å². The Hall–Kier alpha value is -1.04. The van der Waals surface area contributed by atoms with Crippen molar-refractivity contribution in [3.05, 3.63) is 48.6 Å². The minimum absolute atomic E-state index is 0.651. The van der Waals surface area contributed by atoms with E-state index in [1.165, 1.54) is 56.9 Å². The topological polar surface area (TPSA) is 0 Å². The highest BCUT2D eigenvalue weighted by Gasteiger charge is 2.05. The molecular formula is C19H30. The Kier molecular flexibility index (Phi) is 9.14. The van der Waals surface area contributed by atoms with Crippen LogP contribution in [0, 0.1) is 5.92 Å². The number of allylic oxidation sites excluding steroid dienone is 1. The lowest BCUT2D eigenvalue weighted by Gasteiger charge is -2.12. The molecule has 1 aromatic rings. The van der Waals surface area contributed by atoms with Crippen molar-refractivity contribution in [2.24, 2.45) is 5.92 Å². The fourth-order valence-corrected chi connectivity index (χ4v) is 2.58. The summed E-state index contributed by atoms with van der Waals surface area (Å²) in [7, 11) is 0. The van der Waals surface area contributed by atoms with Crippen molar-refractivity contribution in [3.63, 3.8) is 0 Å². The summed E-state index contributed by atoms with van der Waals surface area (Å²) in [5.74, 6) is 0.651. The molecule has 1 aromatic carbocycles. The molecule has 0 aliphatic rings. The standard InChI is InChI=1S/C19H30/c1-3-5-6-7-8-9-11-14-18(4-2)17-19-15-12-10-13-16-19/h4,10,12-13,15-16,18H,2-3,5-9,11,14,17H2,1H3. The summed E-state index contributed by atoms with van der Waals surface area (Å²) in [6.45, 7) is 6.27. The van der Waals surface area contributed by atoms with E-state index in [4.69, 9.17) is 0 Å². The van der Waals surface area contributed by atoms with Crippen LogP contribution in [-0.2, 0) is 6.42 Å². The first-order chi connectivity index (χ1) is 9.36. The van der Waals surface area contributed by atoms with Gasteiger partial charge in [-0.2, -0.15) is 0 Å². The molecule has 0 aromatic heterocycles. The van der Waals surface area contributed by atoms with E-state index in [9.17, 15) is 0 Å². The highest BCUT2D eigenvalue weighted by atomic mass is 14.1. The molecule has 0 heteroatoms. The van der Waals surface area contributed by atoms with Crippen LogP contribution in [0.1, 0.15) is 63.9 Å². The van der Waals surface area contributed by atoms with E-state index >= 15 is 0 Å². The van der Waals surface area contributed by atoms with Gasteiger partial charge in [-0.1, -0.05) is 88.3 Å². The average Bonchev–Trinajstić information content (AvgIpc) is 2.46. The third-order valence-corrected chi connectivity index (χ3v) is 3.85. The van der Waals surface area contributed by atoms with E-state index in [2.05, 4.69) is 49.9 Å². The summed E-state index contributed by atoms with van der Waals surface area (Å²) in [6, 6.07) is 10.8. The Bertz CT molecular complexity index is 312. The maximum Gasteiger partial charge on any atom is -0.0196 e. The number of unbranched alkanes of at least 4 members (excludes halogenated alkanes) is 6. The summed E-state index contributed by atoms with van der Waals surface area (Å²) in [5.41, 5.74) is 1.44. The van der Waals surface area contributed by atoms with Crippen LogP contribution in [-0.4, -0.2) is 0 Å². The van der Waals surface area contributed by atoms with Gasteiger partial charge in [0.1, 0.15) is 0 Å². The normalized spacial score (nSPS) is 12.3. The Balaban J connectivity index is 2.10. The zero-order chi connectivity index (χ0) is 13.8. The number of hydrogen-bond donors (Lipinski definition) is 0. The van der Waals surface area contributed by atoms with E-state index < -0.39 is 0 Å². The van der Waals surface area contributed by atoms with Gasteiger partial charge in [0.15, 0.2) is 0 Å². The van der Waals surface area contributed by atoms with Crippen LogP contribution in [0.4, 0.5) is 0 Å². The van der Waals surface area contributed by atoms with Gasteiger partial charge in [0.25, 0.3) is 0 Å². The Labute approximate surface area is 119 Å². The van der Waals surface area contributed by atoms with Crippen molar-refractivity contribution in [2.45, 2.75) is 64.7 Å². The van der Waals surface area contributed by atoms with E-state index in [1.54, 1.807) is 0 Å². The van der Waals surface area contributed by atoms with Gasteiger partial charge in [0.05, 0.1) is 0 Å². The third kappa shape index (κ3) is 7.87. The molecule has 1 atom stereocenters. The summed E-state index contributed by atoms with van der Waals surface area (Å²) in [5, 5.41) is 0. The van der Waals surface area contributed by atoms with Crippen molar-refractivity contribution in [1.82, 2.24) is 0 Å². The lowest BCUT2D eigenvalue weighted by atomic mass is 9.93. The van der Waals surface area contributed by atoms with Gasteiger partial charge in [-0.15, -0.1) is 6.58 Å². The Morgan fingerprint density at radius 2 is 1.58 bits per heavy atom. The second-order valence-corrected chi connectivity index (χ2v) is 5.60. The second kappa shape index (κ2) is 10.8. The van der Waals surface area contributed by atoms with Gasteiger partial charge < -0.3 is 0 Å². The van der Waals surface area contributed by atoms with Gasteiger partial charge in [-0.25, -0.2) is 0 Å². The molecule has 0 heterocycles. The van der Waals surface area contributed by atoms with Crippen LogP contribution >= 0.6 is 0 Å². The number of benzene rings is 1. The molecule has 0 aliphatic heterocycles. The Morgan fingerprint density at radius 1 is 0.947 bits per heavy atom. The largest absolute Gasteiger partial charge is 0.103 e. The first-order valence-electron chi connectivity index (χ1n) is 8.03. The average molecular weight is 258 g/mol. The number of hydrogen-bond acceptors (Lipinski definition) is 0. The van der Waals surface area contributed by atoms with Crippen molar-refractivity contribution < 1.29 is 0 Å². The molecule has 0 radical (unpaired) electrons. The summed E-state index contributed by atoms with van der Waals surface area (Å²) >= 11 is 0. The monoisotopic (exact) mass is 258 g/mol. The van der Waals surface area contributed by atoms with Crippen molar-refractivity contribution in [3.8, 4) is 0 Å². The van der Waals surface area contributed by atoms with Gasteiger partial charge >= 0.3 is 0 Å². The first kappa shape index (κ1) is 16.0. The van der Waals surface area contributed by atoms with Gasteiger partial charge in [-0.05, 0) is 24.3 Å². The molecule has 0 saturated heterocycles. The summed E-state index contributed by atoms with van der Waals surface area (Å²) in [4.78, 5) is 0. The van der Waals surface area contributed by atoms with Crippen LogP contribution < -0.4 is 0 Å². The molecule has 19 heavy (non-hydrogen) atoms. The molecule has 0 aliphatic carbocycles. The number of rotatable bonds is 11. The molecule has 0 bridgehead atoms. The first-order valence-corrected chi connectivity index (χ1v) is 8.03. The van der Waals surface area contributed by atoms with Crippen LogP contribution in [0.5, 0.6) is 0 Å². The second-order valence-electron chi connectivity index (χ2n) is 5.60. The third-order valence-electron chi connectivity index (χ3n) is 3.85. The minimum Gasteiger partial charge on any atom is -0.103 e. The smallest absolute Gasteiger partial charge is 0.0196 e. The molecule has 0 amide bonds. The lowest BCUT2D eigenvalue weighted by molar-refractivity contribution is 0.514. The lowest BCUT2D eigenvalue weighted by Crippen LogP contribution is -2.01. The van der Waals surface area contributed by atoms with Gasteiger partial charge in [0, 0.05) is 0 Å². The molecule has 1 rings (SSSR count).